The quantitative estimate of drug-likeness (QED) is 0.104. The first-order valence-electron chi connectivity index (χ1n) is 16.4. The Labute approximate surface area is 288 Å². The SMILES string of the molecule is Nc1nc(N)c(OC(=O)C2CCCC(c3cccc(/N=N/c4cc(OC(=O)C5CCCCO5)c(N)nc4N)c3)C2)cc1/N=N/c1ccccc1. The third kappa shape index (κ3) is 8.36. The maximum atomic E-state index is 13.3. The highest BCUT2D eigenvalue weighted by Crippen LogP contribution is 2.40. The Balaban J connectivity index is 1.11. The number of carbonyl (C=O) groups excluding carboxylic acids is 2. The van der Waals surface area contributed by atoms with Gasteiger partial charge >= 0.3 is 11.9 Å². The van der Waals surface area contributed by atoms with Crippen LogP contribution >= 0.6 is 0 Å². The molecule has 1 saturated heterocycles. The molecule has 0 bridgehead atoms. The molecular formula is C35H38N10O5. The van der Waals surface area contributed by atoms with Crippen LogP contribution in [0.4, 0.5) is 46.0 Å². The lowest BCUT2D eigenvalue weighted by Crippen LogP contribution is -2.32. The molecule has 3 unspecified atom stereocenters. The summed E-state index contributed by atoms with van der Waals surface area (Å²) in [6.45, 7) is 0.501. The molecule has 0 spiro atoms. The molecule has 15 heteroatoms. The molecule has 4 aromatic rings. The van der Waals surface area contributed by atoms with Gasteiger partial charge in [-0.1, -0.05) is 36.8 Å². The van der Waals surface area contributed by atoms with Crippen LogP contribution < -0.4 is 32.4 Å². The van der Waals surface area contributed by atoms with Crippen molar-refractivity contribution in [2.75, 3.05) is 29.5 Å². The summed E-state index contributed by atoms with van der Waals surface area (Å²) < 4.78 is 16.7. The Kier molecular flexibility index (Phi) is 10.5. The number of aromatic nitrogens is 2. The van der Waals surface area contributed by atoms with Gasteiger partial charge in [-0.15, -0.1) is 10.2 Å². The highest BCUT2D eigenvalue weighted by atomic mass is 16.6. The van der Waals surface area contributed by atoms with Crippen LogP contribution in [-0.4, -0.2) is 34.6 Å². The number of hydrogen-bond acceptors (Lipinski definition) is 15. The van der Waals surface area contributed by atoms with Crippen molar-refractivity contribution >= 4 is 58.0 Å². The van der Waals surface area contributed by atoms with Gasteiger partial charge in [-0.2, -0.15) is 10.2 Å². The van der Waals surface area contributed by atoms with E-state index in [2.05, 4.69) is 30.4 Å². The number of nitrogen functional groups attached to an aromatic ring is 4. The molecule has 2 aromatic carbocycles. The van der Waals surface area contributed by atoms with Gasteiger partial charge in [0.05, 0.1) is 17.3 Å². The van der Waals surface area contributed by atoms with E-state index in [4.69, 9.17) is 37.1 Å². The minimum Gasteiger partial charge on any atom is -0.422 e. The molecule has 8 N–H and O–H groups in total. The molecule has 1 aliphatic carbocycles. The minimum absolute atomic E-state index is 0.0135. The van der Waals surface area contributed by atoms with Gasteiger partial charge in [-0.05, 0) is 74.3 Å². The average Bonchev–Trinajstić information content (AvgIpc) is 3.13. The highest BCUT2D eigenvalue weighted by molar-refractivity contribution is 5.80. The van der Waals surface area contributed by atoms with E-state index in [0.29, 0.717) is 37.2 Å². The summed E-state index contributed by atoms with van der Waals surface area (Å²) in [7, 11) is 0. The second-order valence-electron chi connectivity index (χ2n) is 12.1. The molecule has 3 heterocycles. The smallest absolute Gasteiger partial charge is 0.340 e. The normalized spacial score (nSPS) is 19.4. The van der Waals surface area contributed by atoms with Crippen molar-refractivity contribution in [1.82, 2.24) is 9.97 Å². The van der Waals surface area contributed by atoms with Crippen LogP contribution in [0.5, 0.6) is 11.5 Å². The molecule has 2 aromatic heterocycles. The van der Waals surface area contributed by atoms with Gasteiger partial charge in [0.2, 0.25) is 0 Å². The van der Waals surface area contributed by atoms with Crippen molar-refractivity contribution in [2.24, 2.45) is 26.4 Å². The molecular weight excluding hydrogens is 640 g/mol. The van der Waals surface area contributed by atoms with Crippen LogP contribution in [0.1, 0.15) is 56.4 Å². The number of nitrogens with zero attached hydrogens (tertiary/aromatic N) is 6. The molecule has 2 aliphatic rings. The predicted octanol–water partition coefficient (Wildman–Crippen LogP) is 6.99. The minimum atomic E-state index is -0.655. The zero-order valence-electron chi connectivity index (χ0n) is 27.3. The van der Waals surface area contributed by atoms with Crippen LogP contribution in [-0.2, 0) is 14.3 Å². The predicted molar refractivity (Wildman–Crippen MR) is 187 cm³/mol. The molecule has 258 valence electrons. The van der Waals surface area contributed by atoms with Crippen LogP contribution in [0.25, 0.3) is 0 Å². The summed E-state index contributed by atoms with van der Waals surface area (Å²) in [6.07, 6.45) is 4.64. The van der Waals surface area contributed by atoms with Gasteiger partial charge in [0.1, 0.15) is 11.4 Å². The molecule has 0 amide bonds. The summed E-state index contributed by atoms with van der Waals surface area (Å²) in [5.74, 6) is -1.09. The Morgan fingerprint density at radius 2 is 1.30 bits per heavy atom. The molecule has 2 fully saturated rings. The number of ether oxygens (including phenoxy) is 3. The molecule has 0 radical (unpaired) electrons. The number of rotatable bonds is 9. The van der Waals surface area contributed by atoms with E-state index in [1.807, 2.05) is 36.4 Å². The molecule has 1 aliphatic heterocycles. The average molecular weight is 679 g/mol. The molecule has 3 atom stereocenters. The van der Waals surface area contributed by atoms with Crippen molar-refractivity contribution in [3.8, 4) is 11.5 Å². The van der Waals surface area contributed by atoms with E-state index in [0.717, 1.165) is 31.2 Å². The summed E-state index contributed by atoms with van der Waals surface area (Å²) in [5, 5.41) is 17.0. The number of nitrogens with two attached hydrogens (primary N) is 4. The van der Waals surface area contributed by atoms with Crippen LogP contribution in [0, 0.1) is 5.92 Å². The summed E-state index contributed by atoms with van der Waals surface area (Å²) >= 11 is 0. The zero-order chi connectivity index (χ0) is 35.0. The largest absolute Gasteiger partial charge is 0.422 e. The maximum absolute atomic E-state index is 13.3. The summed E-state index contributed by atoms with van der Waals surface area (Å²) in [4.78, 5) is 34.1. The van der Waals surface area contributed by atoms with Crippen molar-refractivity contribution in [2.45, 2.75) is 57.0 Å². The van der Waals surface area contributed by atoms with Crippen molar-refractivity contribution in [1.29, 1.82) is 0 Å². The Bertz CT molecular complexity index is 1910. The lowest BCUT2D eigenvalue weighted by atomic mass is 9.78. The van der Waals surface area contributed by atoms with Gasteiger partial charge < -0.3 is 37.1 Å². The van der Waals surface area contributed by atoms with Crippen molar-refractivity contribution in [3.63, 3.8) is 0 Å². The van der Waals surface area contributed by atoms with Crippen molar-refractivity contribution in [3.05, 3.63) is 72.3 Å². The first-order valence-corrected chi connectivity index (χ1v) is 16.4. The second kappa shape index (κ2) is 15.5. The Hall–Kier alpha value is -5.96. The van der Waals surface area contributed by atoms with E-state index in [1.54, 1.807) is 18.2 Å². The molecule has 6 rings (SSSR count). The fourth-order valence-corrected chi connectivity index (χ4v) is 5.91. The van der Waals surface area contributed by atoms with E-state index >= 15 is 0 Å². The van der Waals surface area contributed by atoms with E-state index in [1.165, 1.54) is 12.1 Å². The monoisotopic (exact) mass is 678 g/mol. The fourth-order valence-electron chi connectivity index (χ4n) is 5.91. The first kappa shape index (κ1) is 33.9. The second-order valence-corrected chi connectivity index (χ2v) is 12.1. The van der Waals surface area contributed by atoms with Crippen LogP contribution in [0.15, 0.2) is 87.2 Å². The van der Waals surface area contributed by atoms with Gasteiger partial charge in [0.25, 0.3) is 0 Å². The van der Waals surface area contributed by atoms with Gasteiger partial charge in [0, 0.05) is 18.7 Å². The Morgan fingerprint density at radius 1 is 0.660 bits per heavy atom. The lowest BCUT2D eigenvalue weighted by molar-refractivity contribution is -0.150. The third-order valence-corrected chi connectivity index (χ3v) is 8.56. The fraction of sp³-hybridized carbons (Fsp3) is 0.314. The van der Waals surface area contributed by atoms with E-state index < -0.39 is 18.0 Å². The number of azo groups is 2. The summed E-state index contributed by atoms with van der Waals surface area (Å²) in [5.41, 5.74) is 26.7. The lowest BCUT2D eigenvalue weighted by Gasteiger charge is -2.28. The first-order chi connectivity index (χ1) is 24.2. The van der Waals surface area contributed by atoms with Crippen molar-refractivity contribution < 1.29 is 23.8 Å². The number of esters is 2. The molecule has 50 heavy (non-hydrogen) atoms. The number of hydrogen-bond donors (Lipinski definition) is 4. The number of anilines is 4. The van der Waals surface area contributed by atoms with Gasteiger partial charge in [-0.25, -0.2) is 14.8 Å². The Morgan fingerprint density at radius 3 is 1.96 bits per heavy atom. The highest BCUT2D eigenvalue weighted by Gasteiger charge is 2.30. The van der Waals surface area contributed by atoms with Crippen LogP contribution in [0.2, 0.25) is 0 Å². The number of pyridine rings is 2. The van der Waals surface area contributed by atoms with E-state index in [-0.39, 0.29) is 58.0 Å². The van der Waals surface area contributed by atoms with E-state index in [9.17, 15) is 9.59 Å². The third-order valence-electron chi connectivity index (χ3n) is 8.56. The standard InChI is InChI=1S/C35H38N10O5/c36-30-25(44-42-23-11-2-1-3-12-23)18-28(32(38)40-30)49-34(46)22-10-6-8-20(16-22)21-9-7-13-24(17-21)43-45-26-19-29(33(39)41-31(26)37)50-35(47)27-14-4-5-15-48-27/h1-3,7,9,11-13,17-20,22,27H,4-6,8,10,14-16H2,(H4,36,38,40)(H4,37,39,41)/b44-42+,45-43+. The molecule has 1 saturated carbocycles. The number of benzene rings is 2. The zero-order valence-corrected chi connectivity index (χ0v) is 27.3. The van der Waals surface area contributed by atoms with Crippen LogP contribution in [0.3, 0.4) is 0 Å². The topological polar surface area (TPSA) is 241 Å². The molecule has 15 nitrogen and oxygen atoms in total. The van der Waals surface area contributed by atoms with Gasteiger partial charge in [0.15, 0.2) is 40.9 Å². The summed E-state index contributed by atoms with van der Waals surface area (Å²) in [6, 6.07) is 19.6. The van der Waals surface area contributed by atoms with Gasteiger partial charge in [-0.3, -0.25) is 4.79 Å². The number of carbonyl (C=O) groups is 2. The maximum Gasteiger partial charge on any atom is 0.340 e.